The Morgan fingerprint density at radius 3 is 2.60 bits per heavy atom. The van der Waals surface area contributed by atoms with E-state index in [1.807, 2.05) is 24.0 Å². The van der Waals surface area contributed by atoms with E-state index in [4.69, 9.17) is 0 Å². The highest BCUT2D eigenvalue weighted by molar-refractivity contribution is 7.13. The number of nitrogens with zero attached hydrogens (tertiary/aromatic N) is 1. The highest BCUT2D eigenvalue weighted by Crippen LogP contribution is 2.16. The number of hydrogen-bond donors (Lipinski definition) is 2. The SMILES string of the molecule is CNCC(=O)N1CCC(NC(=O)c2ccc(C)s2)CC1. The number of nitrogens with one attached hydrogen (secondary N) is 2. The van der Waals surface area contributed by atoms with E-state index in [9.17, 15) is 9.59 Å². The average molecular weight is 295 g/mol. The molecule has 0 bridgehead atoms. The monoisotopic (exact) mass is 295 g/mol. The summed E-state index contributed by atoms with van der Waals surface area (Å²) < 4.78 is 0. The third kappa shape index (κ3) is 3.80. The lowest BCUT2D eigenvalue weighted by Crippen LogP contribution is -2.48. The number of rotatable bonds is 4. The van der Waals surface area contributed by atoms with Crippen LogP contribution in [0.25, 0.3) is 0 Å². The zero-order chi connectivity index (χ0) is 14.5. The first kappa shape index (κ1) is 15.0. The van der Waals surface area contributed by atoms with Crippen molar-refractivity contribution in [3.63, 3.8) is 0 Å². The number of thiophene rings is 1. The molecule has 0 aromatic carbocycles. The van der Waals surface area contributed by atoms with Crippen molar-refractivity contribution >= 4 is 23.2 Å². The molecule has 0 atom stereocenters. The van der Waals surface area contributed by atoms with E-state index < -0.39 is 0 Å². The van der Waals surface area contributed by atoms with Crippen LogP contribution in [0.2, 0.25) is 0 Å². The van der Waals surface area contributed by atoms with Crippen molar-refractivity contribution in [3.05, 3.63) is 21.9 Å². The number of likely N-dealkylation sites (N-methyl/N-ethyl adjacent to an activating group) is 1. The van der Waals surface area contributed by atoms with Gasteiger partial charge in [0.15, 0.2) is 0 Å². The summed E-state index contributed by atoms with van der Waals surface area (Å²) in [5.41, 5.74) is 0. The van der Waals surface area contributed by atoms with E-state index in [-0.39, 0.29) is 17.9 Å². The minimum Gasteiger partial charge on any atom is -0.348 e. The number of hydrogen-bond acceptors (Lipinski definition) is 4. The highest BCUT2D eigenvalue weighted by Gasteiger charge is 2.23. The fourth-order valence-electron chi connectivity index (χ4n) is 2.35. The summed E-state index contributed by atoms with van der Waals surface area (Å²) in [7, 11) is 1.77. The summed E-state index contributed by atoms with van der Waals surface area (Å²) in [6, 6.07) is 3.99. The van der Waals surface area contributed by atoms with Gasteiger partial charge in [0, 0.05) is 24.0 Å². The fourth-order valence-corrected chi connectivity index (χ4v) is 3.12. The maximum Gasteiger partial charge on any atom is 0.261 e. The van der Waals surface area contributed by atoms with Crippen LogP contribution < -0.4 is 10.6 Å². The summed E-state index contributed by atoms with van der Waals surface area (Å²) >= 11 is 1.51. The van der Waals surface area contributed by atoms with Crippen LogP contribution in [0.4, 0.5) is 0 Å². The molecule has 1 saturated heterocycles. The molecule has 2 N–H and O–H groups in total. The van der Waals surface area contributed by atoms with Crippen molar-refractivity contribution in [2.45, 2.75) is 25.8 Å². The van der Waals surface area contributed by atoms with E-state index in [2.05, 4.69) is 10.6 Å². The van der Waals surface area contributed by atoms with Crippen LogP contribution in [0.3, 0.4) is 0 Å². The van der Waals surface area contributed by atoms with Gasteiger partial charge in [-0.3, -0.25) is 9.59 Å². The summed E-state index contributed by atoms with van der Waals surface area (Å²) in [4.78, 5) is 27.5. The van der Waals surface area contributed by atoms with Gasteiger partial charge in [0.25, 0.3) is 5.91 Å². The van der Waals surface area contributed by atoms with Crippen molar-refractivity contribution in [1.29, 1.82) is 0 Å². The normalized spacial score (nSPS) is 16.2. The van der Waals surface area contributed by atoms with E-state index in [0.29, 0.717) is 6.54 Å². The van der Waals surface area contributed by atoms with Gasteiger partial charge in [0.1, 0.15) is 0 Å². The molecule has 6 heteroatoms. The third-order valence-electron chi connectivity index (χ3n) is 3.48. The van der Waals surface area contributed by atoms with Crippen LogP contribution in [0.5, 0.6) is 0 Å². The van der Waals surface area contributed by atoms with Crippen molar-refractivity contribution in [2.24, 2.45) is 0 Å². The van der Waals surface area contributed by atoms with Gasteiger partial charge in [0.05, 0.1) is 11.4 Å². The first-order chi connectivity index (χ1) is 9.60. The van der Waals surface area contributed by atoms with Crippen LogP contribution in [-0.2, 0) is 4.79 Å². The lowest BCUT2D eigenvalue weighted by Gasteiger charge is -2.32. The van der Waals surface area contributed by atoms with Crippen molar-refractivity contribution < 1.29 is 9.59 Å². The topological polar surface area (TPSA) is 61.4 Å². The molecule has 0 saturated carbocycles. The molecule has 110 valence electrons. The van der Waals surface area contributed by atoms with Gasteiger partial charge in [-0.2, -0.15) is 0 Å². The van der Waals surface area contributed by atoms with Crippen LogP contribution >= 0.6 is 11.3 Å². The molecule has 20 heavy (non-hydrogen) atoms. The summed E-state index contributed by atoms with van der Waals surface area (Å²) in [5.74, 6) is 0.134. The van der Waals surface area contributed by atoms with Gasteiger partial charge in [-0.05, 0) is 38.9 Å². The number of likely N-dealkylation sites (tertiary alicyclic amines) is 1. The first-order valence-electron chi connectivity index (χ1n) is 6.90. The molecule has 1 aliphatic heterocycles. The zero-order valence-electron chi connectivity index (χ0n) is 11.9. The van der Waals surface area contributed by atoms with E-state index in [1.165, 1.54) is 11.3 Å². The molecule has 1 aromatic rings. The maximum absolute atomic E-state index is 12.1. The number of amides is 2. The second-order valence-electron chi connectivity index (χ2n) is 5.07. The molecular weight excluding hydrogens is 274 g/mol. The Labute approximate surface area is 123 Å². The molecule has 5 nitrogen and oxygen atoms in total. The lowest BCUT2D eigenvalue weighted by molar-refractivity contribution is -0.131. The second-order valence-corrected chi connectivity index (χ2v) is 6.36. The molecule has 1 fully saturated rings. The van der Waals surface area contributed by atoms with Gasteiger partial charge < -0.3 is 15.5 Å². The van der Waals surface area contributed by atoms with Gasteiger partial charge in [-0.25, -0.2) is 0 Å². The molecule has 0 spiro atoms. The number of piperidine rings is 1. The predicted molar refractivity (Wildman–Crippen MR) is 80.1 cm³/mol. The molecule has 0 unspecified atom stereocenters. The van der Waals surface area contributed by atoms with Gasteiger partial charge in [-0.1, -0.05) is 0 Å². The van der Waals surface area contributed by atoms with E-state index in [0.717, 1.165) is 35.7 Å². The first-order valence-corrected chi connectivity index (χ1v) is 7.71. The Hall–Kier alpha value is -1.40. The van der Waals surface area contributed by atoms with Crippen LogP contribution in [0, 0.1) is 6.92 Å². The van der Waals surface area contributed by atoms with Crippen molar-refractivity contribution in [2.75, 3.05) is 26.7 Å². The highest BCUT2D eigenvalue weighted by atomic mass is 32.1. The molecule has 2 amide bonds. The van der Waals surface area contributed by atoms with Crippen molar-refractivity contribution in [3.8, 4) is 0 Å². The zero-order valence-corrected chi connectivity index (χ0v) is 12.8. The average Bonchev–Trinajstić information content (AvgIpc) is 2.86. The van der Waals surface area contributed by atoms with Crippen molar-refractivity contribution in [1.82, 2.24) is 15.5 Å². The van der Waals surface area contributed by atoms with Crippen LogP contribution in [0.15, 0.2) is 12.1 Å². The molecule has 0 radical (unpaired) electrons. The number of aryl methyl sites for hydroxylation is 1. The van der Waals surface area contributed by atoms with Crippen LogP contribution in [-0.4, -0.2) is 49.4 Å². The fraction of sp³-hybridized carbons (Fsp3) is 0.571. The second kappa shape index (κ2) is 6.85. The number of carbonyl (C=O) groups excluding carboxylic acids is 2. The molecule has 2 heterocycles. The third-order valence-corrected chi connectivity index (χ3v) is 4.47. The minimum atomic E-state index is 0.00287. The van der Waals surface area contributed by atoms with Gasteiger partial charge >= 0.3 is 0 Å². The lowest BCUT2D eigenvalue weighted by atomic mass is 10.0. The molecular formula is C14H21N3O2S. The van der Waals surface area contributed by atoms with Gasteiger partial charge in [-0.15, -0.1) is 11.3 Å². The van der Waals surface area contributed by atoms with E-state index >= 15 is 0 Å². The summed E-state index contributed by atoms with van der Waals surface area (Å²) in [5, 5.41) is 5.93. The quantitative estimate of drug-likeness (QED) is 0.871. The predicted octanol–water partition coefficient (Wildman–Crippen LogP) is 0.997. The summed E-state index contributed by atoms with van der Waals surface area (Å²) in [6.07, 6.45) is 1.65. The summed E-state index contributed by atoms with van der Waals surface area (Å²) in [6.45, 7) is 3.81. The smallest absolute Gasteiger partial charge is 0.261 e. The molecule has 1 aromatic heterocycles. The minimum absolute atomic E-state index is 0.00287. The van der Waals surface area contributed by atoms with Gasteiger partial charge in [0.2, 0.25) is 5.91 Å². The Kier molecular flexibility index (Phi) is 5.14. The van der Waals surface area contributed by atoms with E-state index in [1.54, 1.807) is 7.05 Å². The Balaban J connectivity index is 1.80. The molecule has 0 aliphatic carbocycles. The Morgan fingerprint density at radius 1 is 1.35 bits per heavy atom. The number of carbonyl (C=O) groups is 2. The largest absolute Gasteiger partial charge is 0.348 e. The Morgan fingerprint density at radius 2 is 2.05 bits per heavy atom. The maximum atomic E-state index is 12.1. The molecule has 1 aliphatic rings. The Bertz CT molecular complexity index is 479. The van der Waals surface area contributed by atoms with Crippen LogP contribution in [0.1, 0.15) is 27.4 Å². The standard InChI is InChI=1S/C14H21N3O2S/c1-10-3-4-12(20-10)14(19)16-11-5-7-17(8-6-11)13(18)9-15-2/h3-4,11,15H,5-9H2,1-2H3,(H,16,19). The molecule has 2 rings (SSSR count).